The van der Waals surface area contributed by atoms with Crippen LogP contribution in [0.1, 0.15) is 24.1 Å². The SMILES string of the molecule is C=Cc1cncc(C(C)N)c1. The molecule has 0 spiro atoms. The summed E-state index contributed by atoms with van der Waals surface area (Å²) in [6.45, 7) is 5.58. The van der Waals surface area contributed by atoms with Crippen LogP contribution in [0, 0.1) is 0 Å². The van der Waals surface area contributed by atoms with Crippen LogP contribution in [-0.2, 0) is 0 Å². The van der Waals surface area contributed by atoms with Gasteiger partial charge in [0, 0.05) is 18.4 Å². The smallest absolute Gasteiger partial charge is 0.0340 e. The van der Waals surface area contributed by atoms with Gasteiger partial charge in [0.05, 0.1) is 0 Å². The van der Waals surface area contributed by atoms with E-state index in [-0.39, 0.29) is 6.04 Å². The fourth-order valence-electron chi connectivity index (χ4n) is 0.837. The first-order valence-electron chi connectivity index (χ1n) is 3.57. The summed E-state index contributed by atoms with van der Waals surface area (Å²) in [4.78, 5) is 4.03. The minimum atomic E-state index is 0.0439. The summed E-state index contributed by atoms with van der Waals surface area (Å²) in [5.74, 6) is 0. The van der Waals surface area contributed by atoms with Gasteiger partial charge in [-0.05, 0) is 24.1 Å². The largest absolute Gasteiger partial charge is 0.324 e. The molecule has 11 heavy (non-hydrogen) atoms. The molecule has 0 saturated heterocycles. The molecular weight excluding hydrogens is 136 g/mol. The zero-order valence-corrected chi connectivity index (χ0v) is 6.62. The fourth-order valence-corrected chi connectivity index (χ4v) is 0.837. The molecule has 2 nitrogen and oxygen atoms in total. The third-order valence-corrected chi connectivity index (χ3v) is 1.54. The van der Waals surface area contributed by atoms with Crippen LogP contribution in [0.2, 0.25) is 0 Å². The van der Waals surface area contributed by atoms with Gasteiger partial charge in [-0.15, -0.1) is 0 Å². The third kappa shape index (κ3) is 1.88. The molecule has 0 fully saturated rings. The summed E-state index contributed by atoms with van der Waals surface area (Å²) in [7, 11) is 0. The van der Waals surface area contributed by atoms with E-state index in [9.17, 15) is 0 Å². The van der Waals surface area contributed by atoms with Crippen LogP contribution in [0.15, 0.2) is 25.0 Å². The summed E-state index contributed by atoms with van der Waals surface area (Å²) in [6, 6.07) is 2.03. The zero-order chi connectivity index (χ0) is 8.27. The van der Waals surface area contributed by atoms with E-state index in [0.717, 1.165) is 11.1 Å². The highest BCUT2D eigenvalue weighted by atomic mass is 14.7. The van der Waals surface area contributed by atoms with Gasteiger partial charge in [-0.25, -0.2) is 0 Å². The zero-order valence-electron chi connectivity index (χ0n) is 6.62. The van der Waals surface area contributed by atoms with E-state index in [1.165, 1.54) is 0 Å². The van der Waals surface area contributed by atoms with Gasteiger partial charge < -0.3 is 5.73 Å². The molecule has 2 heteroatoms. The molecule has 1 atom stereocenters. The van der Waals surface area contributed by atoms with E-state index in [1.54, 1.807) is 18.5 Å². The van der Waals surface area contributed by atoms with Gasteiger partial charge in [-0.1, -0.05) is 12.7 Å². The summed E-state index contributed by atoms with van der Waals surface area (Å²) < 4.78 is 0. The monoisotopic (exact) mass is 148 g/mol. The van der Waals surface area contributed by atoms with Crippen LogP contribution in [-0.4, -0.2) is 4.98 Å². The quantitative estimate of drug-likeness (QED) is 0.693. The highest BCUT2D eigenvalue weighted by Crippen LogP contribution is 2.09. The summed E-state index contributed by atoms with van der Waals surface area (Å²) in [5.41, 5.74) is 7.72. The average Bonchev–Trinajstić information content (AvgIpc) is 2.05. The number of aromatic nitrogens is 1. The van der Waals surface area contributed by atoms with E-state index >= 15 is 0 Å². The Bertz CT molecular complexity index is 253. The summed E-state index contributed by atoms with van der Waals surface area (Å²) >= 11 is 0. The Balaban J connectivity index is 3.00. The van der Waals surface area contributed by atoms with E-state index in [1.807, 2.05) is 13.0 Å². The van der Waals surface area contributed by atoms with Crippen LogP contribution in [0.4, 0.5) is 0 Å². The topological polar surface area (TPSA) is 38.9 Å². The normalized spacial score (nSPS) is 12.5. The first-order chi connectivity index (χ1) is 5.24. The van der Waals surface area contributed by atoms with Gasteiger partial charge in [-0.3, -0.25) is 4.98 Å². The van der Waals surface area contributed by atoms with Gasteiger partial charge in [0.15, 0.2) is 0 Å². The molecule has 58 valence electrons. The van der Waals surface area contributed by atoms with Crippen molar-refractivity contribution in [3.8, 4) is 0 Å². The van der Waals surface area contributed by atoms with Gasteiger partial charge in [0.2, 0.25) is 0 Å². The molecule has 0 saturated carbocycles. The molecular formula is C9H12N2. The summed E-state index contributed by atoms with van der Waals surface area (Å²) in [6.07, 6.45) is 5.30. The lowest BCUT2D eigenvalue weighted by atomic mass is 10.1. The molecule has 0 bridgehead atoms. The second-order valence-corrected chi connectivity index (χ2v) is 2.54. The van der Waals surface area contributed by atoms with E-state index in [2.05, 4.69) is 11.6 Å². The lowest BCUT2D eigenvalue weighted by Gasteiger charge is -2.04. The highest BCUT2D eigenvalue weighted by Gasteiger charge is 1.98. The highest BCUT2D eigenvalue weighted by molar-refractivity contribution is 5.46. The first-order valence-corrected chi connectivity index (χ1v) is 3.57. The Hall–Kier alpha value is -1.15. The number of hydrogen-bond acceptors (Lipinski definition) is 2. The maximum atomic E-state index is 5.66. The average molecular weight is 148 g/mol. The van der Waals surface area contributed by atoms with Crippen molar-refractivity contribution in [2.45, 2.75) is 13.0 Å². The van der Waals surface area contributed by atoms with Crippen molar-refractivity contribution in [1.82, 2.24) is 4.98 Å². The Morgan fingerprint density at radius 1 is 1.64 bits per heavy atom. The van der Waals surface area contributed by atoms with E-state index in [0.29, 0.717) is 0 Å². The molecule has 0 radical (unpaired) electrons. The first kappa shape index (κ1) is 7.95. The predicted molar refractivity (Wildman–Crippen MR) is 46.9 cm³/mol. The lowest BCUT2D eigenvalue weighted by Crippen LogP contribution is -2.05. The molecule has 1 rings (SSSR count). The van der Waals surface area contributed by atoms with Crippen LogP contribution >= 0.6 is 0 Å². The van der Waals surface area contributed by atoms with Crippen molar-refractivity contribution >= 4 is 6.08 Å². The van der Waals surface area contributed by atoms with Crippen molar-refractivity contribution in [3.63, 3.8) is 0 Å². The maximum absolute atomic E-state index is 5.66. The minimum absolute atomic E-state index is 0.0439. The van der Waals surface area contributed by atoms with Crippen LogP contribution in [0.3, 0.4) is 0 Å². The van der Waals surface area contributed by atoms with Gasteiger partial charge >= 0.3 is 0 Å². The molecule has 0 aliphatic rings. The van der Waals surface area contributed by atoms with Gasteiger partial charge in [-0.2, -0.15) is 0 Å². The van der Waals surface area contributed by atoms with E-state index < -0.39 is 0 Å². The minimum Gasteiger partial charge on any atom is -0.324 e. The van der Waals surface area contributed by atoms with Crippen molar-refractivity contribution in [3.05, 3.63) is 36.2 Å². The number of hydrogen-bond donors (Lipinski definition) is 1. The molecule has 0 amide bonds. The molecule has 1 aromatic rings. The van der Waals surface area contributed by atoms with Crippen molar-refractivity contribution < 1.29 is 0 Å². The molecule has 0 aromatic carbocycles. The van der Waals surface area contributed by atoms with Crippen LogP contribution in [0.25, 0.3) is 6.08 Å². The molecule has 1 aromatic heterocycles. The Kier molecular flexibility index (Phi) is 2.39. The molecule has 1 unspecified atom stereocenters. The lowest BCUT2D eigenvalue weighted by molar-refractivity contribution is 0.811. The second kappa shape index (κ2) is 3.30. The number of nitrogens with two attached hydrogens (primary N) is 1. The Morgan fingerprint density at radius 2 is 2.36 bits per heavy atom. The molecule has 0 aliphatic heterocycles. The second-order valence-electron chi connectivity index (χ2n) is 2.54. The number of rotatable bonds is 2. The third-order valence-electron chi connectivity index (χ3n) is 1.54. The maximum Gasteiger partial charge on any atom is 0.0340 e. The molecule has 1 heterocycles. The predicted octanol–water partition coefficient (Wildman–Crippen LogP) is 1.74. The van der Waals surface area contributed by atoms with Crippen LogP contribution in [0.5, 0.6) is 0 Å². The number of nitrogens with zero attached hydrogens (tertiary/aromatic N) is 1. The van der Waals surface area contributed by atoms with Crippen molar-refractivity contribution in [1.29, 1.82) is 0 Å². The van der Waals surface area contributed by atoms with Gasteiger partial charge in [0.1, 0.15) is 0 Å². The Labute approximate surface area is 66.8 Å². The van der Waals surface area contributed by atoms with Crippen molar-refractivity contribution in [2.24, 2.45) is 5.73 Å². The molecule has 0 aliphatic carbocycles. The van der Waals surface area contributed by atoms with Crippen LogP contribution < -0.4 is 5.73 Å². The molecule has 2 N–H and O–H groups in total. The van der Waals surface area contributed by atoms with Gasteiger partial charge in [0.25, 0.3) is 0 Å². The van der Waals surface area contributed by atoms with E-state index in [4.69, 9.17) is 5.73 Å². The Morgan fingerprint density at radius 3 is 2.91 bits per heavy atom. The van der Waals surface area contributed by atoms with Crippen molar-refractivity contribution in [2.75, 3.05) is 0 Å². The number of pyridine rings is 1. The standard InChI is InChI=1S/C9H12N2/c1-3-8-4-9(7(2)10)6-11-5-8/h3-7H,1,10H2,2H3. The fraction of sp³-hybridized carbons (Fsp3) is 0.222. The summed E-state index contributed by atoms with van der Waals surface area (Å²) in [5, 5.41) is 0.